The first-order valence-corrected chi connectivity index (χ1v) is 8.48. The lowest BCUT2D eigenvalue weighted by atomic mass is 10.1. The van der Waals surface area contributed by atoms with E-state index in [4.69, 9.17) is 17.3 Å². The fraction of sp³-hybridized carbons (Fsp3) is 0.0556. The van der Waals surface area contributed by atoms with Crippen LogP contribution >= 0.6 is 11.6 Å². The largest absolute Gasteiger partial charge is 0.382 e. The topological polar surface area (TPSA) is 118 Å². The van der Waals surface area contributed by atoms with E-state index in [-0.39, 0.29) is 23.7 Å². The zero-order chi connectivity index (χ0) is 19.7. The van der Waals surface area contributed by atoms with Crippen molar-refractivity contribution in [1.29, 1.82) is 5.26 Å². The third kappa shape index (κ3) is 3.17. The highest BCUT2D eigenvalue weighted by Crippen LogP contribution is 2.26. The maximum atomic E-state index is 13.8. The summed E-state index contributed by atoms with van der Waals surface area (Å²) >= 11 is 6.13. The summed E-state index contributed by atoms with van der Waals surface area (Å²) in [6, 6.07) is 9.84. The summed E-state index contributed by atoms with van der Waals surface area (Å²) in [6.07, 6.45) is 2.75. The summed E-state index contributed by atoms with van der Waals surface area (Å²) < 4.78 is 15.2. The van der Waals surface area contributed by atoms with Gasteiger partial charge in [0, 0.05) is 17.7 Å². The molecule has 0 unspecified atom stereocenters. The molecule has 1 aromatic carbocycles. The van der Waals surface area contributed by atoms with Crippen LogP contribution in [0.1, 0.15) is 11.1 Å². The van der Waals surface area contributed by atoms with Crippen molar-refractivity contribution >= 4 is 28.9 Å². The van der Waals surface area contributed by atoms with E-state index in [0.717, 1.165) is 0 Å². The van der Waals surface area contributed by atoms with E-state index in [1.54, 1.807) is 18.2 Å². The SMILES string of the molecule is N#Cc1c(N)ncnc1NCc1cc2ncc(Cl)n2nc1-c1cccc(F)c1. The molecular weight excluding hydrogens is 383 g/mol. The summed E-state index contributed by atoms with van der Waals surface area (Å²) in [5.74, 6) is -0.00853. The van der Waals surface area contributed by atoms with Crippen LogP contribution in [-0.4, -0.2) is 24.6 Å². The molecule has 0 spiro atoms. The standard InChI is InChI=1S/C18H12ClFN8/c19-14-8-23-15-5-11(7-24-18-13(6-21)17(22)25-9-26-18)16(27-28(14)15)10-2-1-3-12(20)4-10/h1-5,8-9H,7H2,(H3,22,24,25,26). The Hall–Kier alpha value is -3.77. The summed E-state index contributed by atoms with van der Waals surface area (Å²) in [5, 5.41) is 17.2. The van der Waals surface area contributed by atoms with E-state index >= 15 is 0 Å². The van der Waals surface area contributed by atoms with Gasteiger partial charge < -0.3 is 11.1 Å². The van der Waals surface area contributed by atoms with Crippen LogP contribution in [0.5, 0.6) is 0 Å². The number of nitrogens with two attached hydrogens (primary N) is 1. The number of aromatic nitrogens is 5. The number of imidazole rings is 1. The molecule has 4 rings (SSSR count). The van der Waals surface area contributed by atoms with Gasteiger partial charge in [0.15, 0.2) is 10.8 Å². The Kier molecular flexibility index (Phi) is 4.47. The molecule has 0 bridgehead atoms. The number of nitrogens with zero attached hydrogens (tertiary/aromatic N) is 6. The second-order valence-corrected chi connectivity index (χ2v) is 6.21. The van der Waals surface area contributed by atoms with Gasteiger partial charge in [0.2, 0.25) is 0 Å². The van der Waals surface area contributed by atoms with Gasteiger partial charge in [-0.15, -0.1) is 0 Å². The molecule has 10 heteroatoms. The molecule has 0 fully saturated rings. The lowest BCUT2D eigenvalue weighted by Gasteiger charge is -2.12. The molecule has 0 atom stereocenters. The molecule has 0 aliphatic heterocycles. The molecule has 0 aliphatic carbocycles. The second kappa shape index (κ2) is 7.09. The number of anilines is 2. The van der Waals surface area contributed by atoms with Gasteiger partial charge in [-0.05, 0) is 18.2 Å². The maximum Gasteiger partial charge on any atom is 0.155 e. The van der Waals surface area contributed by atoms with Crippen LogP contribution in [0.25, 0.3) is 16.9 Å². The fourth-order valence-corrected chi connectivity index (χ4v) is 2.93. The quantitative estimate of drug-likeness (QED) is 0.546. The number of nitrogen functional groups attached to an aromatic ring is 1. The van der Waals surface area contributed by atoms with Crippen molar-refractivity contribution in [1.82, 2.24) is 24.6 Å². The van der Waals surface area contributed by atoms with Gasteiger partial charge in [-0.2, -0.15) is 10.4 Å². The second-order valence-electron chi connectivity index (χ2n) is 5.83. The summed E-state index contributed by atoms with van der Waals surface area (Å²) in [6.45, 7) is 0.241. The van der Waals surface area contributed by atoms with Gasteiger partial charge >= 0.3 is 0 Å². The fourth-order valence-electron chi connectivity index (χ4n) is 2.76. The zero-order valence-corrected chi connectivity index (χ0v) is 15.0. The highest BCUT2D eigenvalue weighted by molar-refractivity contribution is 6.29. The average Bonchev–Trinajstić information content (AvgIpc) is 3.05. The van der Waals surface area contributed by atoms with E-state index in [0.29, 0.717) is 33.4 Å². The lowest BCUT2D eigenvalue weighted by Crippen LogP contribution is -2.09. The molecule has 28 heavy (non-hydrogen) atoms. The van der Waals surface area contributed by atoms with Crippen LogP contribution in [0.2, 0.25) is 5.15 Å². The number of nitriles is 1. The monoisotopic (exact) mass is 394 g/mol. The Morgan fingerprint density at radius 2 is 2.11 bits per heavy atom. The molecule has 8 nitrogen and oxygen atoms in total. The minimum absolute atomic E-state index is 0.0824. The zero-order valence-electron chi connectivity index (χ0n) is 14.3. The summed E-state index contributed by atoms with van der Waals surface area (Å²) in [4.78, 5) is 12.1. The van der Waals surface area contributed by atoms with Crippen LogP contribution in [-0.2, 0) is 6.54 Å². The van der Waals surface area contributed by atoms with Crippen LogP contribution in [0.4, 0.5) is 16.0 Å². The number of rotatable bonds is 4. The normalized spacial score (nSPS) is 10.8. The van der Waals surface area contributed by atoms with Crippen LogP contribution in [0.15, 0.2) is 42.9 Å². The number of hydrogen-bond donors (Lipinski definition) is 2. The molecule has 138 valence electrons. The van der Waals surface area contributed by atoms with E-state index in [1.165, 1.54) is 29.2 Å². The molecule has 3 N–H and O–H groups in total. The van der Waals surface area contributed by atoms with Gasteiger partial charge in [-0.25, -0.2) is 23.9 Å². The van der Waals surface area contributed by atoms with Crippen LogP contribution in [0, 0.1) is 17.1 Å². The highest BCUT2D eigenvalue weighted by Gasteiger charge is 2.15. The van der Waals surface area contributed by atoms with Crippen molar-refractivity contribution in [2.45, 2.75) is 6.54 Å². The van der Waals surface area contributed by atoms with E-state index < -0.39 is 0 Å². The smallest absolute Gasteiger partial charge is 0.155 e. The molecule has 0 radical (unpaired) electrons. The maximum absolute atomic E-state index is 13.8. The summed E-state index contributed by atoms with van der Waals surface area (Å²) in [7, 11) is 0. The minimum Gasteiger partial charge on any atom is -0.382 e. The Bertz CT molecular complexity index is 1230. The van der Waals surface area contributed by atoms with E-state index in [9.17, 15) is 9.65 Å². The van der Waals surface area contributed by atoms with E-state index in [2.05, 4.69) is 25.4 Å². The molecule has 0 saturated heterocycles. The van der Waals surface area contributed by atoms with Crippen molar-refractivity contribution < 1.29 is 4.39 Å². The van der Waals surface area contributed by atoms with Crippen molar-refractivity contribution in [3.63, 3.8) is 0 Å². The first-order valence-electron chi connectivity index (χ1n) is 8.10. The van der Waals surface area contributed by atoms with Crippen molar-refractivity contribution in [3.8, 4) is 17.3 Å². The molecule has 3 aromatic heterocycles. The first kappa shape index (κ1) is 17.6. The van der Waals surface area contributed by atoms with Crippen molar-refractivity contribution in [2.24, 2.45) is 0 Å². The Balaban J connectivity index is 1.79. The molecule has 0 saturated carbocycles. The average molecular weight is 395 g/mol. The third-order valence-electron chi connectivity index (χ3n) is 4.06. The van der Waals surface area contributed by atoms with Gasteiger partial charge in [0.1, 0.15) is 35.4 Å². The molecule has 3 heterocycles. The van der Waals surface area contributed by atoms with Gasteiger partial charge in [0.05, 0.1) is 11.9 Å². The predicted molar refractivity (Wildman–Crippen MR) is 102 cm³/mol. The summed E-state index contributed by atoms with van der Waals surface area (Å²) in [5.41, 5.74) is 8.20. The van der Waals surface area contributed by atoms with Gasteiger partial charge in [0.25, 0.3) is 0 Å². The van der Waals surface area contributed by atoms with Crippen molar-refractivity contribution in [2.75, 3.05) is 11.1 Å². The number of fused-ring (bicyclic) bond motifs is 1. The number of benzene rings is 1. The Labute approximate surface area is 163 Å². The Morgan fingerprint density at radius 1 is 1.25 bits per heavy atom. The van der Waals surface area contributed by atoms with Crippen molar-refractivity contribution in [3.05, 3.63) is 65.0 Å². The molecule has 0 aliphatic rings. The van der Waals surface area contributed by atoms with Crippen LogP contribution < -0.4 is 11.1 Å². The molecule has 0 amide bonds. The highest BCUT2D eigenvalue weighted by atomic mass is 35.5. The molecular formula is C18H12ClFN8. The number of halogens is 2. The van der Waals surface area contributed by atoms with Gasteiger partial charge in [-0.3, -0.25) is 0 Å². The minimum atomic E-state index is -0.384. The van der Waals surface area contributed by atoms with Crippen LogP contribution in [0.3, 0.4) is 0 Å². The third-order valence-corrected chi connectivity index (χ3v) is 4.32. The number of hydrogen-bond acceptors (Lipinski definition) is 7. The lowest BCUT2D eigenvalue weighted by molar-refractivity contribution is 0.628. The molecule has 4 aromatic rings. The number of nitrogens with one attached hydrogen (secondary N) is 1. The Morgan fingerprint density at radius 3 is 2.89 bits per heavy atom. The van der Waals surface area contributed by atoms with Gasteiger partial charge in [-0.1, -0.05) is 23.7 Å². The first-order chi connectivity index (χ1) is 13.6. The van der Waals surface area contributed by atoms with E-state index in [1.807, 2.05) is 6.07 Å². The predicted octanol–water partition coefficient (Wildman–Crippen LogP) is 3.04.